The molecule has 1 aliphatic rings. The van der Waals surface area contributed by atoms with E-state index in [0.29, 0.717) is 44.2 Å². The van der Waals surface area contributed by atoms with Gasteiger partial charge in [-0.3, -0.25) is 14.4 Å². The molecule has 0 spiro atoms. The van der Waals surface area contributed by atoms with Crippen LogP contribution in [0.15, 0.2) is 78.6 Å². The fourth-order valence-corrected chi connectivity index (χ4v) is 3.21. The number of nitrogens with two attached hydrogens (primary N) is 1. The molecule has 0 bridgehead atoms. The number of aromatic nitrogens is 3. The van der Waals surface area contributed by atoms with E-state index in [2.05, 4.69) is 20.9 Å². The number of nitrogens with one attached hydrogen (secondary N) is 2. The Kier molecular flexibility index (Phi) is 12.4. The van der Waals surface area contributed by atoms with Crippen molar-refractivity contribution in [2.45, 2.75) is 58.0 Å². The second kappa shape index (κ2) is 15.8. The zero-order valence-corrected chi connectivity index (χ0v) is 21.0. The van der Waals surface area contributed by atoms with Crippen molar-refractivity contribution in [2.24, 2.45) is 5.73 Å². The number of carbonyl (C=O) groups excluding carboxylic acids is 3. The van der Waals surface area contributed by atoms with E-state index in [0.717, 1.165) is 5.69 Å². The number of allylic oxidation sites excluding steroid dienone is 10. The van der Waals surface area contributed by atoms with Crippen LogP contribution in [0.5, 0.6) is 0 Å². The van der Waals surface area contributed by atoms with Crippen molar-refractivity contribution in [3.8, 4) is 0 Å². The summed E-state index contributed by atoms with van der Waals surface area (Å²) in [6, 6.07) is -0.568. The molecule has 1 aromatic rings. The first-order valence-electron chi connectivity index (χ1n) is 12.2. The number of hydrogen-bond donors (Lipinski definition) is 3. The maximum absolute atomic E-state index is 12.7. The Bertz CT molecular complexity index is 1060. The predicted molar refractivity (Wildman–Crippen MR) is 140 cm³/mol. The average Bonchev–Trinajstić information content (AvgIpc) is 3.31. The summed E-state index contributed by atoms with van der Waals surface area (Å²) in [5.41, 5.74) is 6.70. The molecule has 1 heterocycles. The van der Waals surface area contributed by atoms with Crippen LogP contribution in [0.3, 0.4) is 0 Å². The molecule has 192 valence electrons. The molecular formula is C27H36N6O3. The number of hydrogen-bond acceptors (Lipinski definition) is 5. The van der Waals surface area contributed by atoms with Gasteiger partial charge >= 0.3 is 0 Å². The highest BCUT2D eigenvalue weighted by Gasteiger charge is 2.19. The summed E-state index contributed by atoms with van der Waals surface area (Å²) in [4.78, 5) is 36.7. The number of amides is 3. The average molecular weight is 493 g/mol. The summed E-state index contributed by atoms with van der Waals surface area (Å²) in [5.74, 6) is -1.04. The van der Waals surface area contributed by atoms with E-state index in [1.54, 1.807) is 29.0 Å². The van der Waals surface area contributed by atoms with Crippen molar-refractivity contribution >= 4 is 17.7 Å². The molecule has 0 radical (unpaired) electrons. The first kappa shape index (κ1) is 28.2. The van der Waals surface area contributed by atoms with Crippen LogP contribution in [0.2, 0.25) is 0 Å². The third kappa shape index (κ3) is 10.9. The fraction of sp³-hybridized carbons (Fsp3) is 0.370. The molecule has 0 saturated heterocycles. The lowest BCUT2D eigenvalue weighted by molar-refractivity contribution is -0.125. The van der Waals surface area contributed by atoms with Crippen molar-refractivity contribution in [1.82, 2.24) is 25.6 Å². The molecule has 0 saturated carbocycles. The minimum Gasteiger partial charge on any atom is -0.368 e. The van der Waals surface area contributed by atoms with Gasteiger partial charge in [-0.1, -0.05) is 59.9 Å². The summed E-state index contributed by atoms with van der Waals surface area (Å²) >= 11 is 0. The van der Waals surface area contributed by atoms with Gasteiger partial charge in [-0.25, -0.2) is 4.68 Å². The SMILES string of the molecule is CC(C)n1cc(CCC(=O)NCCCC[C@H](NC(=O)C2=C\C=C/C=C\C=C/C=C\C=C2)C(N)=O)nn1. The molecule has 9 heteroatoms. The highest BCUT2D eigenvalue weighted by molar-refractivity contribution is 5.99. The molecule has 0 aliphatic heterocycles. The van der Waals surface area contributed by atoms with Gasteiger partial charge in [-0.15, -0.1) is 5.10 Å². The molecule has 9 nitrogen and oxygen atoms in total. The maximum Gasteiger partial charge on any atom is 0.251 e. The largest absolute Gasteiger partial charge is 0.368 e. The maximum atomic E-state index is 12.7. The van der Waals surface area contributed by atoms with Gasteiger partial charge in [0.15, 0.2) is 0 Å². The van der Waals surface area contributed by atoms with Gasteiger partial charge in [-0.2, -0.15) is 0 Å². The molecule has 1 atom stereocenters. The van der Waals surface area contributed by atoms with Crippen molar-refractivity contribution in [3.63, 3.8) is 0 Å². The molecular weight excluding hydrogens is 456 g/mol. The van der Waals surface area contributed by atoms with Crippen LogP contribution in [-0.4, -0.2) is 45.3 Å². The van der Waals surface area contributed by atoms with Gasteiger partial charge < -0.3 is 16.4 Å². The first-order valence-corrected chi connectivity index (χ1v) is 12.2. The van der Waals surface area contributed by atoms with E-state index in [1.165, 1.54) is 0 Å². The Balaban J connectivity index is 1.75. The molecule has 0 unspecified atom stereocenters. The summed E-state index contributed by atoms with van der Waals surface area (Å²) < 4.78 is 1.76. The van der Waals surface area contributed by atoms with Gasteiger partial charge in [0.1, 0.15) is 6.04 Å². The molecule has 0 aromatic carbocycles. The third-order valence-corrected chi connectivity index (χ3v) is 5.29. The number of primary amides is 1. The Hall–Kier alpha value is -4.01. The van der Waals surface area contributed by atoms with Gasteiger partial charge in [0.25, 0.3) is 5.91 Å². The lowest BCUT2D eigenvalue weighted by atomic mass is 10.1. The normalized spacial score (nSPS) is 17.7. The lowest BCUT2D eigenvalue weighted by Crippen LogP contribution is -2.44. The van der Waals surface area contributed by atoms with Crippen LogP contribution in [-0.2, 0) is 20.8 Å². The molecule has 1 aromatic heterocycles. The Morgan fingerprint density at radius 2 is 1.64 bits per heavy atom. The van der Waals surface area contributed by atoms with Gasteiger partial charge in [0, 0.05) is 37.2 Å². The van der Waals surface area contributed by atoms with Crippen molar-refractivity contribution in [2.75, 3.05) is 6.54 Å². The van der Waals surface area contributed by atoms with Crippen molar-refractivity contribution < 1.29 is 14.4 Å². The Morgan fingerprint density at radius 1 is 0.972 bits per heavy atom. The highest BCUT2D eigenvalue weighted by Crippen LogP contribution is 2.06. The minimum atomic E-state index is -0.796. The number of carbonyl (C=O) groups is 3. The standard InChI is InChI=1S/C27H36N6O3/c1-21(2)33-20-23(31-32-33)17-18-25(34)29-19-13-12-16-24(26(28)35)30-27(36)22-14-10-8-6-4-3-5-7-9-11-15-22/h3-11,14-15,20-21,24H,12-13,16-19H2,1-2H3,(H2,28,35)(H,29,34)(H,30,36)/b4-3-,5-3?,6-4?,7-5-,8-6-,9-7?,10-8?,11-9-,14-10?,15-11?,22-14?,22-15?/t24-/m0/s1. The number of rotatable bonds is 12. The zero-order valence-electron chi connectivity index (χ0n) is 21.0. The van der Waals surface area contributed by atoms with Gasteiger partial charge in [0.2, 0.25) is 11.8 Å². The molecule has 3 amide bonds. The summed E-state index contributed by atoms with van der Waals surface area (Å²) in [6.07, 6.45) is 24.2. The topological polar surface area (TPSA) is 132 Å². The van der Waals surface area contributed by atoms with Crippen LogP contribution < -0.4 is 16.4 Å². The van der Waals surface area contributed by atoms with Crippen molar-refractivity contribution in [1.29, 1.82) is 0 Å². The predicted octanol–water partition coefficient (Wildman–Crippen LogP) is 2.77. The van der Waals surface area contributed by atoms with Crippen LogP contribution in [0.25, 0.3) is 0 Å². The molecule has 1 aliphatic carbocycles. The van der Waals surface area contributed by atoms with E-state index in [4.69, 9.17) is 5.73 Å². The second-order valence-electron chi connectivity index (χ2n) is 8.58. The molecule has 36 heavy (non-hydrogen) atoms. The molecule has 2 rings (SSSR count). The van der Waals surface area contributed by atoms with E-state index in [1.807, 2.05) is 62.6 Å². The number of unbranched alkanes of at least 4 members (excludes halogenated alkanes) is 1. The highest BCUT2D eigenvalue weighted by atomic mass is 16.2. The van der Waals surface area contributed by atoms with E-state index in [9.17, 15) is 14.4 Å². The third-order valence-electron chi connectivity index (χ3n) is 5.29. The Labute approximate surface area is 212 Å². The summed E-state index contributed by atoms with van der Waals surface area (Å²) in [5, 5.41) is 13.7. The quantitative estimate of drug-likeness (QED) is 0.386. The van der Waals surface area contributed by atoms with E-state index < -0.39 is 11.9 Å². The second-order valence-corrected chi connectivity index (χ2v) is 8.58. The zero-order chi connectivity index (χ0) is 26.2. The van der Waals surface area contributed by atoms with Crippen LogP contribution >= 0.6 is 0 Å². The Morgan fingerprint density at radius 3 is 2.28 bits per heavy atom. The molecule has 0 fully saturated rings. The van der Waals surface area contributed by atoms with E-state index in [-0.39, 0.29) is 17.9 Å². The lowest BCUT2D eigenvalue weighted by Gasteiger charge is -2.16. The van der Waals surface area contributed by atoms with Crippen LogP contribution in [0.4, 0.5) is 0 Å². The smallest absolute Gasteiger partial charge is 0.251 e. The van der Waals surface area contributed by atoms with Crippen molar-refractivity contribution in [3.05, 3.63) is 84.3 Å². The fourth-order valence-electron chi connectivity index (χ4n) is 3.21. The number of nitrogens with zero attached hydrogens (tertiary/aromatic N) is 3. The minimum absolute atomic E-state index is 0.0671. The summed E-state index contributed by atoms with van der Waals surface area (Å²) in [7, 11) is 0. The van der Waals surface area contributed by atoms with Gasteiger partial charge in [0.05, 0.1) is 5.69 Å². The monoisotopic (exact) mass is 492 g/mol. The number of aryl methyl sites for hydroxylation is 1. The van der Waals surface area contributed by atoms with Gasteiger partial charge in [-0.05, 0) is 45.3 Å². The van der Waals surface area contributed by atoms with Crippen LogP contribution in [0.1, 0.15) is 51.3 Å². The van der Waals surface area contributed by atoms with E-state index >= 15 is 0 Å². The summed E-state index contributed by atoms with van der Waals surface area (Å²) in [6.45, 7) is 4.51. The first-order chi connectivity index (χ1) is 17.4. The van der Waals surface area contributed by atoms with Crippen LogP contribution in [0, 0.1) is 0 Å². The molecule has 4 N–H and O–H groups in total.